The number of hydrogen-bond acceptors (Lipinski definition) is 5. The van der Waals surface area contributed by atoms with Gasteiger partial charge in [0.05, 0.1) is 25.8 Å². The van der Waals surface area contributed by atoms with E-state index in [0.717, 1.165) is 11.1 Å². The van der Waals surface area contributed by atoms with Crippen LogP contribution in [0.5, 0.6) is 0 Å². The average Bonchev–Trinajstić information content (AvgIpc) is 2.64. The van der Waals surface area contributed by atoms with Crippen molar-refractivity contribution in [2.75, 3.05) is 37.9 Å². The molecular weight excluding hydrogens is 358 g/mol. The number of likely N-dealkylation sites (N-methyl/N-ethyl adjacent to an activating group) is 1. The van der Waals surface area contributed by atoms with Crippen LogP contribution in [0.2, 0.25) is 0 Å². The number of nitrogens with zero attached hydrogens (tertiary/aromatic N) is 1. The Hall–Kier alpha value is -3.19. The van der Waals surface area contributed by atoms with Gasteiger partial charge in [-0.15, -0.1) is 0 Å². The fourth-order valence-electron chi connectivity index (χ4n) is 2.57. The van der Waals surface area contributed by atoms with Gasteiger partial charge >= 0.3 is 5.97 Å². The van der Waals surface area contributed by atoms with Gasteiger partial charge < -0.3 is 15.4 Å². The minimum Gasteiger partial charge on any atom is -0.465 e. The highest BCUT2D eigenvalue weighted by atomic mass is 16.5. The molecule has 0 heterocycles. The molecule has 0 atom stereocenters. The quantitative estimate of drug-likeness (QED) is 0.718. The Balaban J connectivity index is 1.89. The number of aryl methyl sites for hydroxylation is 2. The van der Waals surface area contributed by atoms with Crippen molar-refractivity contribution >= 4 is 29.2 Å². The van der Waals surface area contributed by atoms with Crippen LogP contribution in [0.1, 0.15) is 21.5 Å². The van der Waals surface area contributed by atoms with Crippen LogP contribution >= 0.6 is 0 Å². The molecule has 2 rings (SSSR count). The molecule has 2 N–H and O–H groups in total. The molecule has 0 spiro atoms. The topological polar surface area (TPSA) is 87.7 Å². The van der Waals surface area contributed by atoms with E-state index in [1.165, 1.54) is 7.11 Å². The van der Waals surface area contributed by atoms with Crippen LogP contribution in [0.25, 0.3) is 0 Å². The van der Waals surface area contributed by atoms with E-state index in [2.05, 4.69) is 10.6 Å². The van der Waals surface area contributed by atoms with Gasteiger partial charge in [0.1, 0.15) is 0 Å². The third-order valence-electron chi connectivity index (χ3n) is 4.10. The van der Waals surface area contributed by atoms with E-state index in [9.17, 15) is 14.4 Å². The summed E-state index contributed by atoms with van der Waals surface area (Å²) in [7, 11) is 2.99. The molecule has 0 aliphatic carbocycles. The first kappa shape index (κ1) is 21.1. The number of carbonyl (C=O) groups is 3. The fourth-order valence-corrected chi connectivity index (χ4v) is 2.57. The third-order valence-corrected chi connectivity index (χ3v) is 4.10. The Labute approximate surface area is 164 Å². The van der Waals surface area contributed by atoms with Crippen molar-refractivity contribution in [1.29, 1.82) is 0 Å². The predicted octanol–water partition coefficient (Wildman–Crippen LogP) is 2.60. The van der Waals surface area contributed by atoms with Gasteiger partial charge in [-0.1, -0.05) is 23.8 Å². The zero-order chi connectivity index (χ0) is 20.7. The zero-order valence-corrected chi connectivity index (χ0v) is 16.5. The first-order valence-electron chi connectivity index (χ1n) is 8.82. The number of methoxy groups -OCH3 is 1. The second kappa shape index (κ2) is 9.66. The van der Waals surface area contributed by atoms with Crippen LogP contribution in [-0.4, -0.2) is 49.9 Å². The lowest BCUT2D eigenvalue weighted by atomic mass is 10.1. The Bertz CT molecular complexity index is 862. The molecule has 7 nitrogen and oxygen atoms in total. The van der Waals surface area contributed by atoms with Gasteiger partial charge in [0.25, 0.3) is 0 Å². The third kappa shape index (κ3) is 6.21. The highest BCUT2D eigenvalue weighted by Crippen LogP contribution is 2.17. The molecule has 7 heteroatoms. The molecule has 148 valence electrons. The first-order valence-corrected chi connectivity index (χ1v) is 8.82. The molecule has 0 fully saturated rings. The molecule has 0 bridgehead atoms. The number of rotatable bonds is 7. The number of amides is 2. The highest BCUT2D eigenvalue weighted by molar-refractivity contribution is 5.97. The maximum Gasteiger partial charge on any atom is 0.337 e. The summed E-state index contributed by atoms with van der Waals surface area (Å²) in [4.78, 5) is 37.7. The number of carbonyl (C=O) groups excluding carboxylic acids is 3. The predicted molar refractivity (Wildman–Crippen MR) is 108 cm³/mol. The van der Waals surface area contributed by atoms with Gasteiger partial charge in [0, 0.05) is 11.4 Å². The number of ether oxygens (including phenoxy) is 1. The Morgan fingerprint density at radius 1 is 0.929 bits per heavy atom. The highest BCUT2D eigenvalue weighted by Gasteiger charge is 2.14. The van der Waals surface area contributed by atoms with Crippen LogP contribution in [0.4, 0.5) is 11.4 Å². The lowest BCUT2D eigenvalue weighted by Gasteiger charge is -2.17. The van der Waals surface area contributed by atoms with Gasteiger partial charge in [-0.05, 0) is 50.7 Å². The van der Waals surface area contributed by atoms with Gasteiger partial charge in [0.15, 0.2) is 0 Å². The first-order chi connectivity index (χ1) is 13.3. The van der Waals surface area contributed by atoms with Crippen molar-refractivity contribution in [3.63, 3.8) is 0 Å². The largest absolute Gasteiger partial charge is 0.465 e. The SMILES string of the molecule is COC(=O)c1ccc(C)c(NC(=O)CN(C)CC(=O)Nc2ccc(C)cc2)c1. The average molecular weight is 383 g/mol. The van der Waals surface area contributed by atoms with E-state index >= 15 is 0 Å². The normalized spacial score (nSPS) is 10.5. The van der Waals surface area contributed by atoms with E-state index < -0.39 is 5.97 Å². The molecule has 0 aliphatic heterocycles. The fraction of sp³-hybridized carbons (Fsp3) is 0.286. The van der Waals surface area contributed by atoms with Crippen LogP contribution < -0.4 is 10.6 Å². The Kier molecular flexibility index (Phi) is 7.28. The van der Waals surface area contributed by atoms with E-state index in [4.69, 9.17) is 4.74 Å². The van der Waals surface area contributed by atoms with E-state index in [-0.39, 0.29) is 24.9 Å². The molecule has 28 heavy (non-hydrogen) atoms. The molecule has 2 aromatic carbocycles. The summed E-state index contributed by atoms with van der Waals surface area (Å²) in [6.07, 6.45) is 0. The number of hydrogen-bond donors (Lipinski definition) is 2. The van der Waals surface area contributed by atoms with E-state index in [1.54, 1.807) is 30.1 Å². The van der Waals surface area contributed by atoms with Gasteiger partial charge in [0.2, 0.25) is 11.8 Å². The summed E-state index contributed by atoms with van der Waals surface area (Å²) in [6, 6.07) is 12.4. The molecule has 0 saturated heterocycles. The molecule has 2 amide bonds. The standard InChI is InChI=1S/C21H25N3O4/c1-14-5-9-17(10-6-14)22-19(25)12-24(3)13-20(26)23-18-11-16(21(27)28-4)8-7-15(18)2/h5-11H,12-13H2,1-4H3,(H,22,25)(H,23,26). The molecule has 0 aliphatic rings. The second-order valence-electron chi connectivity index (χ2n) is 6.66. The molecule has 2 aromatic rings. The summed E-state index contributed by atoms with van der Waals surface area (Å²) in [5, 5.41) is 5.56. The summed E-state index contributed by atoms with van der Waals surface area (Å²) in [6.45, 7) is 3.90. The van der Waals surface area contributed by atoms with Gasteiger partial charge in [-0.3, -0.25) is 14.5 Å². The van der Waals surface area contributed by atoms with Crippen LogP contribution in [0.3, 0.4) is 0 Å². The van der Waals surface area contributed by atoms with Crippen molar-refractivity contribution in [2.24, 2.45) is 0 Å². The number of anilines is 2. The summed E-state index contributed by atoms with van der Waals surface area (Å²) >= 11 is 0. The maximum absolute atomic E-state index is 12.3. The number of benzene rings is 2. The number of esters is 1. The van der Waals surface area contributed by atoms with Crippen molar-refractivity contribution in [1.82, 2.24) is 4.90 Å². The minimum absolute atomic E-state index is 0.0310. The van der Waals surface area contributed by atoms with Crippen molar-refractivity contribution in [3.05, 3.63) is 59.2 Å². The van der Waals surface area contributed by atoms with Crippen molar-refractivity contribution in [2.45, 2.75) is 13.8 Å². The molecule has 0 radical (unpaired) electrons. The smallest absolute Gasteiger partial charge is 0.337 e. The summed E-state index contributed by atoms with van der Waals surface area (Å²) in [5.74, 6) is -0.959. The van der Waals surface area contributed by atoms with Crippen LogP contribution in [0.15, 0.2) is 42.5 Å². The summed E-state index contributed by atoms with van der Waals surface area (Å²) in [5.41, 5.74) is 3.53. The molecule has 0 saturated carbocycles. The lowest BCUT2D eigenvalue weighted by molar-refractivity contribution is -0.119. The Morgan fingerprint density at radius 3 is 2.14 bits per heavy atom. The molecular formula is C21H25N3O4. The maximum atomic E-state index is 12.3. The minimum atomic E-state index is -0.472. The van der Waals surface area contributed by atoms with E-state index in [1.807, 2.05) is 38.1 Å². The number of nitrogens with one attached hydrogen (secondary N) is 2. The zero-order valence-electron chi connectivity index (χ0n) is 16.5. The molecule has 0 aromatic heterocycles. The van der Waals surface area contributed by atoms with Gasteiger partial charge in [-0.2, -0.15) is 0 Å². The van der Waals surface area contributed by atoms with Crippen LogP contribution in [0, 0.1) is 13.8 Å². The lowest BCUT2D eigenvalue weighted by Crippen LogP contribution is -2.36. The summed E-state index contributed by atoms with van der Waals surface area (Å²) < 4.78 is 4.70. The van der Waals surface area contributed by atoms with Crippen molar-refractivity contribution < 1.29 is 19.1 Å². The Morgan fingerprint density at radius 2 is 1.54 bits per heavy atom. The monoisotopic (exact) mass is 383 g/mol. The van der Waals surface area contributed by atoms with Crippen molar-refractivity contribution in [3.8, 4) is 0 Å². The van der Waals surface area contributed by atoms with E-state index in [0.29, 0.717) is 16.9 Å². The second-order valence-corrected chi connectivity index (χ2v) is 6.66. The van der Waals surface area contributed by atoms with Gasteiger partial charge in [-0.25, -0.2) is 4.79 Å². The molecule has 0 unspecified atom stereocenters. The van der Waals surface area contributed by atoms with Crippen LogP contribution in [-0.2, 0) is 14.3 Å².